The molecule has 82 valence electrons. The highest BCUT2D eigenvalue weighted by atomic mass is 16.6. The number of hydrogen-bond acceptors (Lipinski definition) is 3. The van der Waals surface area contributed by atoms with Crippen molar-refractivity contribution in [3.8, 4) is 0 Å². The van der Waals surface area contributed by atoms with Crippen LogP contribution < -0.4 is 0 Å². The van der Waals surface area contributed by atoms with Crippen LogP contribution in [0.1, 0.15) is 40.5 Å². The fraction of sp³-hybridized carbons (Fsp3) is 0.909. The Kier molecular flexibility index (Phi) is 3.53. The summed E-state index contributed by atoms with van der Waals surface area (Å²) in [5.74, 6) is -0.0585. The van der Waals surface area contributed by atoms with Gasteiger partial charge in [0.05, 0.1) is 0 Å². The molecule has 1 aliphatic heterocycles. The number of esters is 1. The van der Waals surface area contributed by atoms with Crippen molar-refractivity contribution in [3.05, 3.63) is 0 Å². The van der Waals surface area contributed by atoms with Crippen molar-refractivity contribution >= 4 is 5.97 Å². The van der Waals surface area contributed by atoms with Gasteiger partial charge in [-0.15, -0.1) is 0 Å². The third-order valence-electron chi connectivity index (χ3n) is 2.45. The average molecular weight is 199 g/mol. The molecule has 0 aromatic rings. The predicted octanol–water partition coefficient (Wildman–Crippen LogP) is 1.81. The van der Waals surface area contributed by atoms with Gasteiger partial charge in [-0.05, 0) is 46.7 Å². The second-order valence-corrected chi connectivity index (χ2v) is 4.82. The van der Waals surface area contributed by atoms with Gasteiger partial charge in [-0.2, -0.15) is 0 Å². The third-order valence-corrected chi connectivity index (χ3v) is 2.45. The van der Waals surface area contributed by atoms with Crippen LogP contribution in [-0.4, -0.2) is 35.6 Å². The van der Waals surface area contributed by atoms with Gasteiger partial charge < -0.3 is 4.74 Å². The maximum atomic E-state index is 11.8. The van der Waals surface area contributed by atoms with E-state index in [0.717, 1.165) is 25.9 Å². The largest absolute Gasteiger partial charge is 0.459 e. The Morgan fingerprint density at radius 2 is 2.14 bits per heavy atom. The maximum Gasteiger partial charge on any atom is 0.323 e. The molecule has 1 rings (SSSR count). The van der Waals surface area contributed by atoms with Gasteiger partial charge in [-0.3, -0.25) is 9.69 Å². The van der Waals surface area contributed by atoms with Crippen LogP contribution in [0.4, 0.5) is 0 Å². The summed E-state index contributed by atoms with van der Waals surface area (Å²) in [5, 5.41) is 0. The van der Waals surface area contributed by atoms with Crippen molar-refractivity contribution in [1.82, 2.24) is 4.90 Å². The summed E-state index contributed by atoms with van der Waals surface area (Å²) in [6.07, 6.45) is 2.06. The van der Waals surface area contributed by atoms with Crippen LogP contribution in [0.25, 0.3) is 0 Å². The topological polar surface area (TPSA) is 29.5 Å². The minimum Gasteiger partial charge on any atom is -0.459 e. The van der Waals surface area contributed by atoms with Crippen LogP contribution in [0.5, 0.6) is 0 Å². The van der Waals surface area contributed by atoms with E-state index in [0.29, 0.717) is 0 Å². The van der Waals surface area contributed by atoms with Gasteiger partial charge in [0.15, 0.2) is 0 Å². The SMILES string of the molecule is CCN1CCCC1C(=O)OC(C)(C)C. The summed E-state index contributed by atoms with van der Waals surface area (Å²) in [6, 6.07) is -0.000718. The summed E-state index contributed by atoms with van der Waals surface area (Å²) in [6.45, 7) is 9.79. The van der Waals surface area contributed by atoms with E-state index in [1.54, 1.807) is 0 Å². The van der Waals surface area contributed by atoms with Crippen LogP contribution >= 0.6 is 0 Å². The third kappa shape index (κ3) is 2.98. The summed E-state index contributed by atoms with van der Waals surface area (Å²) in [5.41, 5.74) is -0.362. The van der Waals surface area contributed by atoms with Crippen LogP contribution in [0, 0.1) is 0 Å². The maximum absolute atomic E-state index is 11.8. The van der Waals surface area contributed by atoms with E-state index < -0.39 is 0 Å². The summed E-state index contributed by atoms with van der Waals surface area (Å²) >= 11 is 0. The minimum absolute atomic E-state index is 0.000718. The summed E-state index contributed by atoms with van der Waals surface area (Å²) < 4.78 is 5.37. The fourth-order valence-corrected chi connectivity index (χ4v) is 1.84. The molecule has 14 heavy (non-hydrogen) atoms. The molecular formula is C11H21NO2. The second-order valence-electron chi connectivity index (χ2n) is 4.82. The number of likely N-dealkylation sites (tertiary alicyclic amines) is 1. The van der Waals surface area contributed by atoms with Crippen molar-refractivity contribution in [2.24, 2.45) is 0 Å². The standard InChI is InChI=1S/C11H21NO2/c1-5-12-8-6-7-9(12)10(13)14-11(2,3)4/h9H,5-8H2,1-4H3. The molecule has 0 bridgehead atoms. The lowest BCUT2D eigenvalue weighted by molar-refractivity contribution is -0.160. The highest BCUT2D eigenvalue weighted by Crippen LogP contribution is 2.20. The average Bonchev–Trinajstić information content (AvgIpc) is 2.47. The highest BCUT2D eigenvalue weighted by molar-refractivity contribution is 5.76. The van der Waals surface area contributed by atoms with Crippen molar-refractivity contribution < 1.29 is 9.53 Å². The molecule has 3 heteroatoms. The molecule has 0 aliphatic carbocycles. The Hall–Kier alpha value is -0.570. The zero-order valence-electron chi connectivity index (χ0n) is 9.67. The summed E-state index contributed by atoms with van der Waals surface area (Å²) in [4.78, 5) is 14.0. The predicted molar refractivity (Wildman–Crippen MR) is 56.1 cm³/mol. The molecule has 3 nitrogen and oxygen atoms in total. The molecule has 0 spiro atoms. The molecule has 1 saturated heterocycles. The zero-order valence-corrected chi connectivity index (χ0v) is 9.67. The minimum atomic E-state index is -0.362. The van der Waals surface area contributed by atoms with Crippen LogP contribution in [0.2, 0.25) is 0 Å². The van der Waals surface area contributed by atoms with Gasteiger partial charge in [0, 0.05) is 0 Å². The number of ether oxygens (including phenoxy) is 1. The Morgan fingerprint density at radius 3 is 2.64 bits per heavy atom. The molecule has 0 aromatic carbocycles. The Bertz CT molecular complexity index is 208. The Labute approximate surface area is 86.4 Å². The zero-order chi connectivity index (χ0) is 10.8. The van der Waals surface area contributed by atoms with Gasteiger partial charge >= 0.3 is 5.97 Å². The lowest BCUT2D eigenvalue weighted by Gasteiger charge is -2.26. The first-order valence-electron chi connectivity index (χ1n) is 5.41. The quantitative estimate of drug-likeness (QED) is 0.635. The van der Waals surface area contributed by atoms with E-state index in [1.165, 1.54) is 0 Å². The van der Waals surface area contributed by atoms with E-state index in [4.69, 9.17) is 4.74 Å². The molecule has 1 atom stereocenters. The van der Waals surface area contributed by atoms with Crippen molar-refractivity contribution in [1.29, 1.82) is 0 Å². The van der Waals surface area contributed by atoms with E-state index in [9.17, 15) is 4.79 Å². The number of hydrogen-bond donors (Lipinski definition) is 0. The van der Waals surface area contributed by atoms with Crippen molar-refractivity contribution in [2.75, 3.05) is 13.1 Å². The molecule has 0 N–H and O–H groups in total. The monoisotopic (exact) mass is 199 g/mol. The van der Waals surface area contributed by atoms with Gasteiger partial charge in [0.25, 0.3) is 0 Å². The molecule has 1 heterocycles. The fourth-order valence-electron chi connectivity index (χ4n) is 1.84. The Morgan fingerprint density at radius 1 is 1.50 bits per heavy atom. The van der Waals surface area contributed by atoms with Gasteiger partial charge in [-0.1, -0.05) is 6.92 Å². The second kappa shape index (κ2) is 4.30. The molecule has 1 fully saturated rings. The van der Waals surface area contributed by atoms with Crippen molar-refractivity contribution in [3.63, 3.8) is 0 Å². The van der Waals surface area contributed by atoms with Crippen LogP contribution in [0.3, 0.4) is 0 Å². The number of carbonyl (C=O) groups is 1. The van der Waals surface area contributed by atoms with E-state index >= 15 is 0 Å². The van der Waals surface area contributed by atoms with E-state index in [2.05, 4.69) is 11.8 Å². The molecule has 0 radical (unpaired) electrons. The first-order chi connectivity index (χ1) is 6.44. The molecular weight excluding hydrogens is 178 g/mol. The van der Waals surface area contributed by atoms with Gasteiger partial charge in [0.1, 0.15) is 11.6 Å². The molecule has 0 amide bonds. The molecule has 1 aliphatic rings. The van der Waals surface area contributed by atoms with Crippen molar-refractivity contribution in [2.45, 2.75) is 52.2 Å². The lowest BCUT2D eigenvalue weighted by atomic mass is 10.1. The van der Waals surface area contributed by atoms with Crippen LogP contribution in [-0.2, 0) is 9.53 Å². The lowest BCUT2D eigenvalue weighted by Crippen LogP contribution is -2.40. The van der Waals surface area contributed by atoms with Crippen LogP contribution in [0.15, 0.2) is 0 Å². The smallest absolute Gasteiger partial charge is 0.323 e. The molecule has 1 unspecified atom stereocenters. The summed E-state index contributed by atoms with van der Waals surface area (Å²) in [7, 11) is 0. The molecule has 0 aromatic heterocycles. The molecule has 0 saturated carbocycles. The van der Waals surface area contributed by atoms with E-state index in [1.807, 2.05) is 20.8 Å². The van der Waals surface area contributed by atoms with Gasteiger partial charge in [-0.25, -0.2) is 0 Å². The Balaban J connectivity index is 2.52. The van der Waals surface area contributed by atoms with E-state index in [-0.39, 0.29) is 17.6 Å². The normalized spacial score (nSPS) is 23.9. The number of nitrogens with zero attached hydrogens (tertiary/aromatic N) is 1. The first kappa shape index (κ1) is 11.5. The number of carbonyl (C=O) groups excluding carboxylic acids is 1. The first-order valence-corrected chi connectivity index (χ1v) is 5.41. The van der Waals surface area contributed by atoms with Gasteiger partial charge in [0.2, 0.25) is 0 Å². The number of likely N-dealkylation sites (N-methyl/N-ethyl adjacent to an activating group) is 1. The number of rotatable bonds is 2. The highest BCUT2D eigenvalue weighted by Gasteiger charge is 2.32.